The van der Waals surface area contributed by atoms with Crippen LogP contribution in [0.15, 0.2) is 51.7 Å². The average molecular weight is 365 g/mol. The number of hydrogen-bond acceptors (Lipinski definition) is 4. The predicted molar refractivity (Wildman–Crippen MR) is 111 cm³/mol. The van der Waals surface area contributed by atoms with Gasteiger partial charge in [-0.05, 0) is 54.3 Å². The largest absolute Gasteiger partial charge is 0.507 e. The summed E-state index contributed by atoms with van der Waals surface area (Å²) in [6.45, 7) is 2.16. The predicted octanol–water partition coefficient (Wildman–Crippen LogP) is 4.89. The van der Waals surface area contributed by atoms with E-state index in [9.17, 15) is 9.90 Å². The molecule has 0 unspecified atom stereocenters. The molecule has 0 spiro atoms. The summed E-state index contributed by atoms with van der Waals surface area (Å²) in [5.41, 5.74) is 3.81. The number of phenols is 1. The van der Waals surface area contributed by atoms with Crippen LogP contribution >= 0.6 is 0 Å². The van der Waals surface area contributed by atoms with Gasteiger partial charge in [0.25, 0.3) is 0 Å². The van der Waals surface area contributed by atoms with Crippen LogP contribution in [-0.4, -0.2) is 19.2 Å². The minimum atomic E-state index is -0.343. The maximum Gasteiger partial charge on any atom is 0.339 e. The van der Waals surface area contributed by atoms with Gasteiger partial charge in [-0.1, -0.05) is 31.9 Å². The smallest absolute Gasteiger partial charge is 0.339 e. The second kappa shape index (κ2) is 8.30. The van der Waals surface area contributed by atoms with Crippen LogP contribution in [0, 0.1) is 0 Å². The standard InChI is InChI=1S/C23H27NO3/c1-4-5-6-7-17-13-21(25)20-15-18(23(26)27-22(20)14-17)12-16-8-10-19(11-9-16)24(2)3/h8-11,13-15,25H,4-7,12H2,1-3H3. The SMILES string of the molecule is CCCCCc1cc(O)c2cc(Cc3ccc(N(C)C)cc3)c(=O)oc2c1. The lowest BCUT2D eigenvalue weighted by atomic mass is 10.0. The van der Waals surface area contributed by atoms with E-state index < -0.39 is 0 Å². The quantitative estimate of drug-likeness (QED) is 0.478. The Kier molecular flexibility index (Phi) is 5.84. The van der Waals surface area contributed by atoms with Crippen LogP contribution in [-0.2, 0) is 12.8 Å². The molecule has 27 heavy (non-hydrogen) atoms. The normalized spacial score (nSPS) is 11.1. The first kappa shape index (κ1) is 19.0. The van der Waals surface area contributed by atoms with Crippen LogP contribution in [0.5, 0.6) is 5.75 Å². The number of nitrogens with zero attached hydrogens (tertiary/aromatic N) is 1. The lowest BCUT2D eigenvalue weighted by molar-refractivity contribution is 0.477. The molecule has 0 bridgehead atoms. The molecule has 0 aliphatic rings. The van der Waals surface area contributed by atoms with Crippen molar-refractivity contribution in [1.82, 2.24) is 0 Å². The summed E-state index contributed by atoms with van der Waals surface area (Å²) in [5.74, 6) is 0.173. The zero-order chi connectivity index (χ0) is 19.4. The molecule has 1 aromatic heterocycles. The second-order valence-electron chi connectivity index (χ2n) is 7.28. The van der Waals surface area contributed by atoms with E-state index in [1.165, 1.54) is 0 Å². The zero-order valence-corrected chi connectivity index (χ0v) is 16.3. The van der Waals surface area contributed by atoms with Gasteiger partial charge in [-0.15, -0.1) is 0 Å². The van der Waals surface area contributed by atoms with Gasteiger partial charge in [0.15, 0.2) is 0 Å². The molecule has 0 fully saturated rings. The third-order valence-electron chi connectivity index (χ3n) is 4.88. The van der Waals surface area contributed by atoms with Crippen molar-refractivity contribution in [2.45, 2.75) is 39.0 Å². The first-order valence-electron chi connectivity index (χ1n) is 9.53. The Morgan fingerprint density at radius 1 is 1.00 bits per heavy atom. The van der Waals surface area contributed by atoms with Crippen LogP contribution in [0.1, 0.15) is 42.9 Å². The molecule has 142 valence electrons. The minimum Gasteiger partial charge on any atom is -0.507 e. The molecule has 0 aliphatic carbocycles. The first-order valence-corrected chi connectivity index (χ1v) is 9.53. The van der Waals surface area contributed by atoms with Gasteiger partial charge in [-0.3, -0.25) is 0 Å². The Bertz CT molecular complexity index is 971. The highest BCUT2D eigenvalue weighted by molar-refractivity contribution is 5.84. The van der Waals surface area contributed by atoms with Gasteiger partial charge in [-0.25, -0.2) is 4.79 Å². The molecule has 0 saturated heterocycles. The van der Waals surface area contributed by atoms with Crippen molar-refractivity contribution in [1.29, 1.82) is 0 Å². The summed E-state index contributed by atoms with van der Waals surface area (Å²) in [6.07, 6.45) is 4.71. The lowest BCUT2D eigenvalue weighted by Crippen LogP contribution is -2.09. The zero-order valence-electron chi connectivity index (χ0n) is 16.3. The molecule has 4 nitrogen and oxygen atoms in total. The number of phenolic OH excluding ortho intramolecular Hbond substituents is 1. The summed E-state index contributed by atoms with van der Waals surface area (Å²) in [6, 6.07) is 13.5. The fraction of sp³-hybridized carbons (Fsp3) is 0.348. The third kappa shape index (κ3) is 4.51. The highest BCUT2D eigenvalue weighted by Crippen LogP contribution is 2.28. The van der Waals surface area contributed by atoms with Gasteiger partial charge in [0.2, 0.25) is 0 Å². The van der Waals surface area contributed by atoms with Crippen molar-refractivity contribution >= 4 is 16.7 Å². The number of aromatic hydroxyl groups is 1. The average Bonchev–Trinajstić information content (AvgIpc) is 2.63. The van der Waals surface area contributed by atoms with Crippen molar-refractivity contribution in [3.05, 3.63) is 69.6 Å². The topological polar surface area (TPSA) is 53.7 Å². The van der Waals surface area contributed by atoms with Gasteiger partial charge >= 0.3 is 5.63 Å². The van der Waals surface area contributed by atoms with E-state index >= 15 is 0 Å². The van der Waals surface area contributed by atoms with E-state index in [1.54, 1.807) is 12.1 Å². The molecule has 0 radical (unpaired) electrons. The summed E-state index contributed by atoms with van der Waals surface area (Å²) in [7, 11) is 3.98. The Labute approximate surface area is 160 Å². The molecule has 3 aromatic rings. The molecule has 4 heteroatoms. The van der Waals surface area contributed by atoms with Gasteiger partial charge < -0.3 is 14.4 Å². The highest BCUT2D eigenvalue weighted by atomic mass is 16.4. The number of fused-ring (bicyclic) bond motifs is 1. The van der Waals surface area contributed by atoms with Crippen molar-refractivity contribution in [2.75, 3.05) is 19.0 Å². The summed E-state index contributed by atoms with van der Waals surface area (Å²) in [4.78, 5) is 14.5. The van der Waals surface area contributed by atoms with Crippen molar-refractivity contribution in [3.63, 3.8) is 0 Å². The summed E-state index contributed by atoms with van der Waals surface area (Å²) in [5, 5.41) is 11.0. The molecule has 1 heterocycles. The number of hydrogen-bond donors (Lipinski definition) is 1. The second-order valence-corrected chi connectivity index (χ2v) is 7.28. The third-order valence-corrected chi connectivity index (χ3v) is 4.88. The van der Waals surface area contributed by atoms with Gasteiger partial charge in [0.1, 0.15) is 11.3 Å². The number of rotatable bonds is 7. The monoisotopic (exact) mass is 365 g/mol. The molecule has 0 atom stereocenters. The molecule has 0 saturated carbocycles. The van der Waals surface area contributed by atoms with Gasteiger partial charge in [0.05, 0.1) is 5.39 Å². The van der Waals surface area contributed by atoms with E-state index in [0.717, 1.165) is 42.5 Å². The van der Waals surface area contributed by atoms with E-state index in [-0.39, 0.29) is 11.4 Å². The number of benzene rings is 2. The van der Waals surface area contributed by atoms with Crippen LogP contribution in [0.4, 0.5) is 5.69 Å². The Hall–Kier alpha value is -2.75. The van der Waals surface area contributed by atoms with Crippen molar-refractivity contribution in [3.8, 4) is 5.75 Å². The van der Waals surface area contributed by atoms with Crippen LogP contribution in [0.2, 0.25) is 0 Å². The van der Waals surface area contributed by atoms with Crippen molar-refractivity contribution in [2.24, 2.45) is 0 Å². The molecule has 0 aliphatic heterocycles. The Balaban J connectivity index is 1.88. The maximum absolute atomic E-state index is 12.4. The fourth-order valence-electron chi connectivity index (χ4n) is 3.27. The van der Waals surface area contributed by atoms with Crippen LogP contribution in [0.3, 0.4) is 0 Å². The Morgan fingerprint density at radius 2 is 1.74 bits per heavy atom. The highest BCUT2D eigenvalue weighted by Gasteiger charge is 2.11. The van der Waals surface area contributed by atoms with Crippen LogP contribution in [0.25, 0.3) is 11.0 Å². The summed E-state index contributed by atoms with van der Waals surface area (Å²) < 4.78 is 5.53. The number of unbranched alkanes of at least 4 members (excludes halogenated alkanes) is 2. The van der Waals surface area contributed by atoms with E-state index in [1.807, 2.05) is 49.3 Å². The maximum atomic E-state index is 12.4. The molecular formula is C23H27NO3. The minimum absolute atomic E-state index is 0.173. The molecule has 0 amide bonds. The molecule has 2 aromatic carbocycles. The number of anilines is 1. The molecule has 3 rings (SSSR count). The summed E-state index contributed by atoms with van der Waals surface area (Å²) >= 11 is 0. The lowest BCUT2D eigenvalue weighted by Gasteiger charge is -2.12. The molecule has 1 N–H and O–H groups in total. The van der Waals surface area contributed by atoms with Gasteiger partial charge in [0, 0.05) is 31.8 Å². The first-order chi connectivity index (χ1) is 13.0. The van der Waals surface area contributed by atoms with E-state index in [4.69, 9.17) is 4.42 Å². The van der Waals surface area contributed by atoms with Gasteiger partial charge in [-0.2, -0.15) is 0 Å². The van der Waals surface area contributed by atoms with Crippen LogP contribution < -0.4 is 10.5 Å². The molecular weight excluding hydrogens is 338 g/mol. The van der Waals surface area contributed by atoms with Crippen molar-refractivity contribution < 1.29 is 9.52 Å². The van der Waals surface area contributed by atoms with E-state index in [0.29, 0.717) is 23.0 Å². The Morgan fingerprint density at radius 3 is 2.41 bits per heavy atom. The number of aryl methyl sites for hydroxylation is 1. The fourth-order valence-corrected chi connectivity index (χ4v) is 3.27. The van der Waals surface area contributed by atoms with E-state index in [2.05, 4.69) is 6.92 Å².